The summed E-state index contributed by atoms with van der Waals surface area (Å²) in [5.74, 6) is 0.663. The van der Waals surface area contributed by atoms with E-state index in [4.69, 9.17) is 0 Å². The molecule has 0 aliphatic carbocycles. The lowest BCUT2D eigenvalue weighted by Gasteiger charge is -2.38. The van der Waals surface area contributed by atoms with Gasteiger partial charge in [0.05, 0.1) is 12.4 Å². The number of aliphatic hydroxyl groups is 1. The molecule has 2 heterocycles. The Balaban J connectivity index is 1.88. The van der Waals surface area contributed by atoms with Gasteiger partial charge < -0.3 is 9.67 Å². The maximum Gasteiger partial charge on any atom is 0.0949 e. The number of rotatable bonds is 6. The first kappa shape index (κ1) is 14.3. The summed E-state index contributed by atoms with van der Waals surface area (Å²) in [6.45, 7) is 8.86. The molecule has 1 saturated heterocycles. The van der Waals surface area contributed by atoms with Crippen molar-refractivity contribution in [2.75, 3.05) is 19.6 Å². The van der Waals surface area contributed by atoms with Gasteiger partial charge in [-0.3, -0.25) is 4.90 Å². The number of imidazole rings is 1. The average Bonchev–Trinajstić information content (AvgIpc) is 2.92. The van der Waals surface area contributed by atoms with Crippen LogP contribution in [0.1, 0.15) is 32.2 Å². The van der Waals surface area contributed by atoms with Crippen LogP contribution in [-0.4, -0.2) is 45.3 Å². The van der Waals surface area contributed by atoms with Crippen LogP contribution in [0.5, 0.6) is 0 Å². The summed E-state index contributed by atoms with van der Waals surface area (Å²) in [5.41, 5.74) is 0. The van der Waals surface area contributed by atoms with Gasteiger partial charge in [0.2, 0.25) is 0 Å². The molecule has 1 aromatic rings. The minimum Gasteiger partial charge on any atom is -0.392 e. The first-order valence-electron chi connectivity index (χ1n) is 7.19. The zero-order chi connectivity index (χ0) is 13.7. The quantitative estimate of drug-likeness (QED) is 0.799. The fourth-order valence-electron chi connectivity index (χ4n) is 2.83. The summed E-state index contributed by atoms with van der Waals surface area (Å²) in [5, 5.41) is 10.0. The van der Waals surface area contributed by atoms with Crippen molar-refractivity contribution in [3.8, 4) is 0 Å². The molecule has 19 heavy (non-hydrogen) atoms. The van der Waals surface area contributed by atoms with E-state index in [1.807, 2.05) is 24.8 Å². The van der Waals surface area contributed by atoms with Crippen LogP contribution in [-0.2, 0) is 0 Å². The predicted molar refractivity (Wildman–Crippen MR) is 76.9 cm³/mol. The molecule has 4 heteroatoms. The summed E-state index contributed by atoms with van der Waals surface area (Å²) in [7, 11) is 0. The third-order valence-corrected chi connectivity index (χ3v) is 4.08. The smallest absolute Gasteiger partial charge is 0.0949 e. The molecule has 4 nitrogen and oxygen atoms in total. The second-order valence-corrected chi connectivity index (χ2v) is 5.62. The number of nitrogens with zero attached hydrogens (tertiary/aromatic N) is 3. The van der Waals surface area contributed by atoms with Gasteiger partial charge >= 0.3 is 0 Å². The van der Waals surface area contributed by atoms with Gasteiger partial charge in [0, 0.05) is 31.5 Å². The van der Waals surface area contributed by atoms with Crippen molar-refractivity contribution in [3.05, 3.63) is 31.4 Å². The second kappa shape index (κ2) is 6.87. The van der Waals surface area contributed by atoms with Crippen LogP contribution in [0.3, 0.4) is 0 Å². The molecule has 0 amide bonds. The molecule has 1 aromatic heterocycles. The van der Waals surface area contributed by atoms with E-state index in [0.717, 1.165) is 32.5 Å². The van der Waals surface area contributed by atoms with Crippen LogP contribution in [0.25, 0.3) is 0 Å². The molecule has 1 fully saturated rings. The highest BCUT2D eigenvalue weighted by atomic mass is 16.3. The number of β-amino-alcohol motifs (C(OH)–C–C–N with tert-alkyl or cyclic N) is 1. The molecule has 1 N–H and O–H groups in total. The lowest BCUT2D eigenvalue weighted by Crippen LogP contribution is -2.43. The van der Waals surface area contributed by atoms with Crippen molar-refractivity contribution in [3.63, 3.8) is 0 Å². The van der Waals surface area contributed by atoms with Gasteiger partial charge in [0.1, 0.15) is 0 Å². The number of aromatic nitrogens is 2. The van der Waals surface area contributed by atoms with E-state index < -0.39 is 0 Å². The van der Waals surface area contributed by atoms with Gasteiger partial charge in [-0.2, -0.15) is 0 Å². The van der Waals surface area contributed by atoms with Crippen LogP contribution < -0.4 is 0 Å². The summed E-state index contributed by atoms with van der Waals surface area (Å²) in [6.07, 6.45) is 10.3. The maximum absolute atomic E-state index is 10.0. The van der Waals surface area contributed by atoms with Gasteiger partial charge in [-0.05, 0) is 31.7 Å². The summed E-state index contributed by atoms with van der Waals surface area (Å²) < 4.78 is 2.20. The van der Waals surface area contributed by atoms with Crippen LogP contribution in [0, 0.1) is 5.92 Å². The lowest BCUT2D eigenvalue weighted by molar-refractivity contribution is 0.0653. The van der Waals surface area contributed by atoms with E-state index >= 15 is 0 Å². The Hall–Kier alpha value is -1.13. The highest BCUT2D eigenvalue weighted by Crippen LogP contribution is 2.27. The summed E-state index contributed by atoms with van der Waals surface area (Å²) in [6, 6.07) is 0.475. The van der Waals surface area contributed by atoms with Crippen LogP contribution in [0.15, 0.2) is 31.4 Å². The molecule has 1 aliphatic rings. The van der Waals surface area contributed by atoms with Crippen molar-refractivity contribution in [2.45, 2.75) is 38.3 Å². The van der Waals surface area contributed by atoms with Gasteiger partial charge in [0.15, 0.2) is 0 Å². The second-order valence-electron chi connectivity index (χ2n) is 5.62. The molecule has 106 valence electrons. The third kappa shape index (κ3) is 3.91. The number of hydrogen-bond acceptors (Lipinski definition) is 3. The zero-order valence-corrected chi connectivity index (χ0v) is 11.8. The van der Waals surface area contributed by atoms with Crippen molar-refractivity contribution >= 4 is 0 Å². The van der Waals surface area contributed by atoms with Crippen molar-refractivity contribution in [1.82, 2.24) is 14.5 Å². The van der Waals surface area contributed by atoms with Crippen molar-refractivity contribution in [1.29, 1.82) is 0 Å². The number of likely N-dealkylation sites (tertiary alicyclic amines) is 1. The fourth-order valence-corrected chi connectivity index (χ4v) is 2.83. The minimum atomic E-state index is -0.241. The van der Waals surface area contributed by atoms with Gasteiger partial charge in [0.25, 0.3) is 0 Å². The molecule has 0 aromatic carbocycles. The number of aliphatic hydroxyl groups excluding tert-OH is 1. The standard InChI is InChI=1S/C15H25N3O/c1-3-4-5-14(19)10-17-8-6-13(2)15(11-17)18-9-7-16-12-18/h3,7,9,12-15,19H,1,4-6,8,10-11H2,2H3. The van der Waals surface area contributed by atoms with Crippen LogP contribution in [0.4, 0.5) is 0 Å². The monoisotopic (exact) mass is 263 g/mol. The Bertz CT molecular complexity index is 377. The van der Waals surface area contributed by atoms with Gasteiger partial charge in [-0.15, -0.1) is 6.58 Å². The largest absolute Gasteiger partial charge is 0.392 e. The number of hydrogen-bond donors (Lipinski definition) is 1. The fraction of sp³-hybridized carbons (Fsp3) is 0.667. The molecule has 2 rings (SSSR count). The Labute approximate surface area is 115 Å². The Morgan fingerprint density at radius 3 is 3.11 bits per heavy atom. The first-order valence-corrected chi connectivity index (χ1v) is 7.19. The third-order valence-electron chi connectivity index (χ3n) is 4.08. The molecular weight excluding hydrogens is 238 g/mol. The first-order chi connectivity index (χ1) is 9.20. The SMILES string of the molecule is C=CCCC(O)CN1CCC(C)C(n2ccnc2)C1. The predicted octanol–water partition coefficient (Wildman–Crippen LogP) is 2.09. The average molecular weight is 263 g/mol. The van der Waals surface area contributed by atoms with Gasteiger partial charge in [-0.25, -0.2) is 4.98 Å². The highest BCUT2D eigenvalue weighted by Gasteiger charge is 2.27. The zero-order valence-electron chi connectivity index (χ0n) is 11.8. The van der Waals surface area contributed by atoms with E-state index in [2.05, 4.69) is 28.0 Å². The number of piperidine rings is 1. The summed E-state index contributed by atoms with van der Waals surface area (Å²) in [4.78, 5) is 6.52. The minimum absolute atomic E-state index is 0.241. The van der Waals surface area contributed by atoms with Crippen LogP contribution in [0.2, 0.25) is 0 Å². The molecule has 0 spiro atoms. The van der Waals surface area contributed by atoms with Gasteiger partial charge in [-0.1, -0.05) is 13.0 Å². The molecule has 0 saturated carbocycles. The van der Waals surface area contributed by atoms with Crippen molar-refractivity contribution in [2.24, 2.45) is 5.92 Å². The van der Waals surface area contributed by atoms with E-state index in [0.29, 0.717) is 12.0 Å². The van der Waals surface area contributed by atoms with E-state index in [-0.39, 0.29) is 6.10 Å². The molecule has 3 atom stereocenters. The molecular formula is C15H25N3O. The maximum atomic E-state index is 10.0. The number of allylic oxidation sites excluding steroid dienone is 1. The topological polar surface area (TPSA) is 41.3 Å². The Morgan fingerprint density at radius 1 is 1.58 bits per heavy atom. The van der Waals surface area contributed by atoms with E-state index in [1.54, 1.807) is 0 Å². The Morgan fingerprint density at radius 2 is 2.42 bits per heavy atom. The van der Waals surface area contributed by atoms with Crippen LogP contribution >= 0.6 is 0 Å². The van der Waals surface area contributed by atoms with E-state index in [1.165, 1.54) is 6.42 Å². The lowest BCUT2D eigenvalue weighted by atomic mass is 9.93. The van der Waals surface area contributed by atoms with Crippen molar-refractivity contribution < 1.29 is 5.11 Å². The molecule has 1 aliphatic heterocycles. The molecule has 3 unspecified atom stereocenters. The van der Waals surface area contributed by atoms with E-state index in [9.17, 15) is 5.11 Å². The molecule has 0 radical (unpaired) electrons. The molecule has 0 bridgehead atoms. The Kier molecular flexibility index (Phi) is 5.16. The highest BCUT2D eigenvalue weighted by molar-refractivity contribution is 4.88. The summed E-state index contributed by atoms with van der Waals surface area (Å²) >= 11 is 0. The normalized spacial score (nSPS) is 26.2.